The minimum atomic E-state index is -0.370. The molecule has 0 unspecified atom stereocenters. The minimum Gasteiger partial charge on any atom is -0.349 e. The average Bonchev–Trinajstić information content (AvgIpc) is 2.84. The molecule has 0 radical (unpaired) electrons. The molecule has 2 aromatic rings. The summed E-state index contributed by atoms with van der Waals surface area (Å²) < 4.78 is 14.6. The lowest BCUT2D eigenvalue weighted by molar-refractivity contribution is -0.124. The first-order valence-electron chi connectivity index (χ1n) is 5.89. The monoisotopic (exact) mass is 263 g/mol. The maximum absolute atomic E-state index is 13.2. The van der Waals surface area contributed by atoms with Gasteiger partial charge in [-0.3, -0.25) is 4.79 Å². The molecule has 2 rings (SSSR count). The van der Waals surface area contributed by atoms with E-state index in [0.717, 1.165) is 0 Å². The average molecular weight is 263 g/mol. The van der Waals surface area contributed by atoms with Crippen LogP contribution in [0.3, 0.4) is 0 Å². The molecule has 0 aliphatic rings. The van der Waals surface area contributed by atoms with Crippen LogP contribution in [0.1, 0.15) is 19.7 Å². The highest BCUT2D eigenvalue weighted by Gasteiger charge is 2.11. The molecule has 0 spiro atoms. The van der Waals surface area contributed by atoms with Gasteiger partial charge in [-0.05, 0) is 28.6 Å². The lowest BCUT2D eigenvalue weighted by Crippen LogP contribution is -2.28. The van der Waals surface area contributed by atoms with E-state index in [4.69, 9.17) is 0 Å². The van der Waals surface area contributed by atoms with Gasteiger partial charge in [0.2, 0.25) is 5.91 Å². The number of aromatic nitrogens is 4. The summed E-state index contributed by atoms with van der Waals surface area (Å²) in [6.45, 7) is 3.79. The summed E-state index contributed by atoms with van der Waals surface area (Å²) in [5, 5.41) is 13.9. The van der Waals surface area contributed by atoms with Crippen molar-refractivity contribution in [2.24, 2.45) is 5.92 Å². The lowest BCUT2D eigenvalue weighted by atomic mass is 10.2. The molecule has 7 heteroatoms. The van der Waals surface area contributed by atoms with E-state index >= 15 is 0 Å². The molecule has 0 atom stereocenters. The second-order valence-electron chi connectivity index (χ2n) is 4.36. The molecule has 19 heavy (non-hydrogen) atoms. The molecular weight excluding hydrogens is 249 g/mol. The molecule has 6 nitrogen and oxygen atoms in total. The summed E-state index contributed by atoms with van der Waals surface area (Å²) in [4.78, 5) is 11.5. The predicted molar refractivity (Wildman–Crippen MR) is 65.8 cm³/mol. The number of carbonyl (C=O) groups excluding carboxylic acids is 1. The Hall–Kier alpha value is -2.31. The molecule has 0 aliphatic carbocycles. The molecule has 1 N–H and O–H groups in total. The predicted octanol–water partition coefficient (Wildman–Crippen LogP) is 1.07. The highest BCUT2D eigenvalue weighted by molar-refractivity contribution is 5.77. The van der Waals surface area contributed by atoms with Gasteiger partial charge in [0, 0.05) is 5.92 Å². The summed E-state index contributed by atoms with van der Waals surface area (Å²) in [5.41, 5.74) is 0.513. The van der Waals surface area contributed by atoms with Crippen LogP contribution in [0.15, 0.2) is 24.3 Å². The number of nitrogens with zero attached hydrogens (tertiary/aromatic N) is 4. The van der Waals surface area contributed by atoms with Gasteiger partial charge in [0.1, 0.15) is 5.82 Å². The Kier molecular flexibility index (Phi) is 3.84. The number of rotatable bonds is 4. The summed E-state index contributed by atoms with van der Waals surface area (Å²) in [6, 6.07) is 5.92. The zero-order valence-corrected chi connectivity index (χ0v) is 10.7. The van der Waals surface area contributed by atoms with Gasteiger partial charge in [-0.2, -0.15) is 4.68 Å². The first kappa shape index (κ1) is 13.1. The fourth-order valence-electron chi connectivity index (χ4n) is 1.49. The molecule has 0 bridgehead atoms. The number of hydrogen-bond acceptors (Lipinski definition) is 4. The number of halogens is 1. The van der Waals surface area contributed by atoms with Crippen molar-refractivity contribution in [1.82, 2.24) is 25.5 Å². The molecular formula is C12H14FN5O. The van der Waals surface area contributed by atoms with E-state index in [1.807, 2.05) is 0 Å². The van der Waals surface area contributed by atoms with Crippen molar-refractivity contribution in [2.45, 2.75) is 20.4 Å². The number of carbonyl (C=O) groups is 1. The second-order valence-corrected chi connectivity index (χ2v) is 4.36. The van der Waals surface area contributed by atoms with Gasteiger partial charge >= 0.3 is 0 Å². The van der Waals surface area contributed by atoms with E-state index in [-0.39, 0.29) is 24.2 Å². The highest BCUT2D eigenvalue weighted by atomic mass is 19.1. The number of amides is 1. The third kappa shape index (κ3) is 3.12. The van der Waals surface area contributed by atoms with Gasteiger partial charge < -0.3 is 5.32 Å². The van der Waals surface area contributed by atoms with Crippen molar-refractivity contribution in [3.8, 4) is 5.69 Å². The van der Waals surface area contributed by atoms with Gasteiger partial charge in [-0.1, -0.05) is 19.9 Å². The van der Waals surface area contributed by atoms with Crippen LogP contribution in [-0.4, -0.2) is 26.1 Å². The lowest BCUT2D eigenvalue weighted by Gasteiger charge is -2.08. The van der Waals surface area contributed by atoms with Crippen LogP contribution in [0, 0.1) is 11.7 Å². The Bertz CT molecular complexity index is 581. The molecule has 0 fully saturated rings. The summed E-state index contributed by atoms with van der Waals surface area (Å²) in [7, 11) is 0. The van der Waals surface area contributed by atoms with Crippen molar-refractivity contribution in [1.29, 1.82) is 0 Å². The van der Waals surface area contributed by atoms with Gasteiger partial charge in [-0.25, -0.2) is 4.39 Å². The van der Waals surface area contributed by atoms with Crippen molar-refractivity contribution >= 4 is 5.91 Å². The molecule has 0 aliphatic heterocycles. The maximum Gasteiger partial charge on any atom is 0.222 e. The SMILES string of the molecule is CC(C)C(=O)NCc1nnnn1-c1cccc(F)c1. The Morgan fingerprint density at radius 1 is 1.47 bits per heavy atom. The van der Waals surface area contributed by atoms with Crippen LogP contribution in [0.2, 0.25) is 0 Å². The molecule has 100 valence electrons. The van der Waals surface area contributed by atoms with Crippen molar-refractivity contribution in [3.05, 3.63) is 35.9 Å². The third-order valence-electron chi connectivity index (χ3n) is 2.53. The zero-order chi connectivity index (χ0) is 13.8. The van der Waals surface area contributed by atoms with E-state index in [0.29, 0.717) is 11.5 Å². The largest absolute Gasteiger partial charge is 0.349 e. The van der Waals surface area contributed by atoms with Gasteiger partial charge in [0.15, 0.2) is 5.82 Å². The molecule has 1 aromatic heterocycles. The minimum absolute atomic E-state index is 0.0891. The van der Waals surface area contributed by atoms with Gasteiger partial charge in [0.05, 0.1) is 12.2 Å². The second kappa shape index (κ2) is 5.55. The molecule has 0 saturated carbocycles. The first-order chi connectivity index (χ1) is 9.08. The Labute approximate surface area is 109 Å². The highest BCUT2D eigenvalue weighted by Crippen LogP contribution is 2.09. The van der Waals surface area contributed by atoms with Gasteiger partial charge in [0.25, 0.3) is 0 Å². The van der Waals surface area contributed by atoms with Crippen molar-refractivity contribution < 1.29 is 9.18 Å². The van der Waals surface area contributed by atoms with Crippen LogP contribution in [-0.2, 0) is 11.3 Å². The third-order valence-corrected chi connectivity index (χ3v) is 2.53. The zero-order valence-electron chi connectivity index (χ0n) is 10.7. The van der Waals surface area contributed by atoms with Crippen LogP contribution >= 0.6 is 0 Å². The van der Waals surface area contributed by atoms with Crippen LogP contribution in [0.4, 0.5) is 4.39 Å². The van der Waals surface area contributed by atoms with E-state index in [1.165, 1.54) is 16.8 Å². The first-order valence-corrected chi connectivity index (χ1v) is 5.89. The molecule has 0 saturated heterocycles. The smallest absolute Gasteiger partial charge is 0.222 e. The van der Waals surface area contributed by atoms with Gasteiger partial charge in [-0.15, -0.1) is 5.10 Å². The topological polar surface area (TPSA) is 72.7 Å². The van der Waals surface area contributed by atoms with Crippen molar-refractivity contribution in [3.63, 3.8) is 0 Å². The van der Waals surface area contributed by atoms with Crippen LogP contribution in [0.25, 0.3) is 5.69 Å². The number of tetrazole rings is 1. The molecule has 1 heterocycles. The summed E-state index contributed by atoms with van der Waals surface area (Å²) in [6.07, 6.45) is 0. The van der Waals surface area contributed by atoms with E-state index in [2.05, 4.69) is 20.8 Å². The standard InChI is InChI=1S/C12H14FN5O/c1-8(2)12(19)14-7-11-15-16-17-18(11)10-5-3-4-9(13)6-10/h3-6,8H,7H2,1-2H3,(H,14,19). The van der Waals surface area contributed by atoms with Crippen molar-refractivity contribution in [2.75, 3.05) is 0 Å². The Balaban J connectivity index is 2.16. The molecule has 1 amide bonds. The van der Waals surface area contributed by atoms with E-state index in [9.17, 15) is 9.18 Å². The van der Waals surface area contributed by atoms with Crippen LogP contribution in [0.5, 0.6) is 0 Å². The molecule has 1 aromatic carbocycles. The van der Waals surface area contributed by atoms with Crippen LogP contribution < -0.4 is 5.32 Å². The summed E-state index contributed by atoms with van der Waals surface area (Å²) in [5.74, 6) is -0.128. The van der Waals surface area contributed by atoms with E-state index in [1.54, 1.807) is 26.0 Å². The number of hydrogen-bond donors (Lipinski definition) is 1. The summed E-state index contributed by atoms with van der Waals surface area (Å²) >= 11 is 0. The number of nitrogens with one attached hydrogen (secondary N) is 1. The Morgan fingerprint density at radius 3 is 2.95 bits per heavy atom. The quantitative estimate of drug-likeness (QED) is 0.895. The normalized spacial score (nSPS) is 10.7. The van der Waals surface area contributed by atoms with E-state index < -0.39 is 0 Å². The fourth-order valence-corrected chi connectivity index (χ4v) is 1.49. The maximum atomic E-state index is 13.2. The number of benzene rings is 1. The fraction of sp³-hybridized carbons (Fsp3) is 0.333. The Morgan fingerprint density at radius 2 is 2.26 bits per heavy atom.